The first-order valence-corrected chi connectivity index (χ1v) is 11.1. The van der Waals surface area contributed by atoms with E-state index in [-0.39, 0.29) is 0 Å². The van der Waals surface area contributed by atoms with Crippen LogP contribution in [0.4, 0.5) is 0 Å². The Bertz CT molecular complexity index is 351. The second-order valence-electron chi connectivity index (χ2n) is 9.16. The van der Waals surface area contributed by atoms with Crippen molar-refractivity contribution >= 4 is 0 Å². The summed E-state index contributed by atoms with van der Waals surface area (Å²) in [6, 6.07) is 2.70. The molecule has 25 heavy (non-hydrogen) atoms. The first-order chi connectivity index (χ1) is 12.1. The highest BCUT2D eigenvalue weighted by Crippen LogP contribution is 2.30. The second-order valence-corrected chi connectivity index (χ2v) is 9.16. The highest BCUT2D eigenvalue weighted by Gasteiger charge is 2.39. The average Bonchev–Trinajstić information content (AvgIpc) is 3.05. The highest BCUT2D eigenvalue weighted by molar-refractivity contribution is 4.88. The van der Waals surface area contributed by atoms with Crippen LogP contribution in [0.3, 0.4) is 0 Å². The maximum Gasteiger partial charge on any atom is 0.130 e. The van der Waals surface area contributed by atoms with Crippen LogP contribution in [0.15, 0.2) is 0 Å². The number of hydrogen-bond acceptors (Lipinski definition) is 4. The quantitative estimate of drug-likeness (QED) is 0.726. The average molecular weight is 351 g/mol. The largest absolute Gasteiger partial charge is 0.271 e. The molecule has 0 radical (unpaired) electrons. The normalized spacial score (nSPS) is 26.5. The molecule has 0 atom stereocenters. The maximum atomic E-state index is 4.10. The van der Waals surface area contributed by atoms with Gasteiger partial charge in [-0.1, -0.05) is 38.5 Å². The van der Waals surface area contributed by atoms with E-state index in [1.807, 2.05) is 0 Å². The molecule has 3 fully saturated rings. The molecule has 0 unspecified atom stereocenters. The molecule has 2 saturated carbocycles. The lowest BCUT2D eigenvalue weighted by atomic mass is 9.90. The van der Waals surface area contributed by atoms with Gasteiger partial charge in [-0.2, -0.15) is 0 Å². The third kappa shape index (κ3) is 4.77. The van der Waals surface area contributed by atoms with Gasteiger partial charge >= 0.3 is 0 Å². The molecular formula is C21H42N4. The van der Waals surface area contributed by atoms with Crippen molar-refractivity contribution < 1.29 is 0 Å². The van der Waals surface area contributed by atoms with Crippen molar-refractivity contribution in [3.05, 3.63) is 0 Å². The fourth-order valence-corrected chi connectivity index (χ4v) is 5.26. The first-order valence-electron chi connectivity index (χ1n) is 11.1. The van der Waals surface area contributed by atoms with Gasteiger partial charge in [0.1, 0.15) is 6.29 Å². The van der Waals surface area contributed by atoms with Gasteiger partial charge in [0.2, 0.25) is 0 Å². The molecule has 0 aromatic heterocycles. The van der Waals surface area contributed by atoms with E-state index in [1.165, 1.54) is 77.3 Å². The Hall–Kier alpha value is -0.160. The Morgan fingerprint density at radius 2 is 1.08 bits per heavy atom. The number of hydrogen-bond donors (Lipinski definition) is 1. The van der Waals surface area contributed by atoms with Crippen molar-refractivity contribution in [2.75, 3.05) is 13.1 Å². The van der Waals surface area contributed by atoms with E-state index < -0.39 is 0 Å². The summed E-state index contributed by atoms with van der Waals surface area (Å²) in [5.41, 5.74) is 4.10. The van der Waals surface area contributed by atoms with E-state index in [4.69, 9.17) is 0 Å². The van der Waals surface area contributed by atoms with Gasteiger partial charge in [0, 0.05) is 37.3 Å². The molecule has 1 saturated heterocycles. The summed E-state index contributed by atoms with van der Waals surface area (Å²) in [5.74, 6) is 0. The van der Waals surface area contributed by atoms with E-state index in [2.05, 4.69) is 47.9 Å². The summed E-state index contributed by atoms with van der Waals surface area (Å²) in [5, 5.41) is 2.76. The predicted molar refractivity (Wildman–Crippen MR) is 106 cm³/mol. The van der Waals surface area contributed by atoms with Crippen molar-refractivity contribution in [3.8, 4) is 0 Å². The van der Waals surface area contributed by atoms with Crippen LogP contribution < -0.4 is 5.43 Å². The van der Waals surface area contributed by atoms with Crippen molar-refractivity contribution in [2.24, 2.45) is 0 Å². The summed E-state index contributed by atoms with van der Waals surface area (Å²) in [7, 11) is 0. The zero-order chi connectivity index (χ0) is 17.8. The Morgan fingerprint density at radius 1 is 0.680 bits per heavy atom. The van der Waals surface area contributed by atoms with E-state index in [1.54, 1.807) is 0 Å². The van der Waals surface area contributed by atoms with Crippen LogP contribution in [0.2, 0.25) is 0 Å². The van der Waals surface area contributed by atoms with Gasteiger partial charge in [0.15, 0.2) is 0 Å². The van der Waals surface area contributed by atoms with Gasteiger partial charge in [0.05, 0.1) is 0 Å². The molecule has 146 valence electrons. The van der Waals surface area contributed by atoms with Gasteiger partial charge < -0.3 is 0 Å². The lowest BCUT2D eigenvalue weighted by molar-refractivity contribution is -0.0600. The zero-order valence-corrected chi connectivity index (χ0v) is 17.2. The van der Waals surface area contributed by atoms with Crippen molar-refractivity contribution in [2.45, 2.75) is 122 Å². The van der Waals surface area contributed by atoms with E-state index >= 15 is 0 Å². The second kappa shape index (κ2) is 9.16. The van der Waals surface area contributed by atoms with Gasteiger partial charge in [-0.05, 0) is 53.4 Å². The fraction of sp³-hybridized carbons (Fsp3) is 1.00. The van der Waals surface area contributed by atoms with E-state index in [9.17, 15) is 0 Å². The molecule has 0 amide bonds. The Kier molecular flexibility index (Phi) is 7.18. The molecule has 1 heterocycles. The summed E-state index contributed by atoms with van der Waals surface area (Å²) >= 11 is 0. The standard InChI is InChI=1S/C21H42N4/c1-17(2)23-15-16-24(18(3)4)21(23)22-25(19-11-7-5-8-12-19)20-13-9-6-10-14-20/h17-22H,5-16H2,1-4H3. The smallest absolute Gasteiger partial charge is 0.130 e. The molecule has 1 aliphatic heterocycles. The minimum atomic E-state index is 0.379. The molecule has 0 aromatic rings. The molecular weight excluding hydrogens is 308 g/mol. The number of hydrazine groups is 1. The predicted octanol–water partition coefficient (Wildman–Crippen LogP) is 4.18. The molecule has 0 aromatic carbocycles. The van der Waals surface area contributed by atoms with Crippen LogP contribution in [0.1, 0.15) is 91.9 Å². The third-order valence-electron chi connectivity index (χ3n) is 6.77. The molecule has 3 rings (SSSR count). The van der Waals surface area contributed by atoms with Crippen LogP contribution >= 0.6 is 0 Å². The van der Waals surface area contributed by atoms with Crippen LogP contribution in [-0.2, 0) is 0 Å². The van der Waals surface area contributed by atoms with Crippen molar-refractivity contribution in [1.82, 2.24) is 20.2 Å². The molecule has 3 aliphatic rings. The van der Waals surface area contributed by atoms with Gasteiger partial charge in [-0.3, -0.25) is 9.80 Å². The lowest BCUT2D eigenvalue weighted by Crippen LogP contribution is -2.63. The molecule has 0 bridgehead atoms. The summed E-state index contributed by atoms with van der Waals surface area (Å²) in [6.45, 7) is 11.8. The molecule has 2 aliphatic carbocycles. The SMILES string of the molecule is CC(C)N1CCN(C(C)C)C1NN(C1CCCCC1)C1CCCCC1. The number of rotatable bonds is 6. The highest BCUT2D eigenvalue weighted by atomic mass is 15.7. The number of nitrogens with one attached hydrogen (secondary N) is 1. The lowest BCUT2D eigenvalue weighted by Gasteiger charge is -2.46. The van der Waals surface area contributed by atoms with Crippen molar-refractivity contribution in [3.63, 3.8) is 0 Å². The molecule has 0 spiro atoms. The summed E-state index contributed by atoms with van der Waals surface area (Å²) in [4.78, 5) is 5.33. The van der Waals surface area contributed by atoms with Crippen LogP contribution in [0.5, 0.6) is 0 Å². The third-order valence-corrected chi connectivity index (χ3v) is 6.77. The molecule has 4 heteroatoms. The monoisotopic (exact) mass is 350 g/mol. The van der Waals surface area contributed by atoms with Crippen LogP contribution in [0, 0.1) is 0 Å². The summed E-state index contributed by atoms with van der Waals surface area (Å²) < 4.78 is 0. The van der Waals surface area contributed by atoms with Crippen LogP contribution in [0.25, 0.3) is 0 Å². The summed E-state index contributed by atoms with van der Waals surface area (Å²) in [6.07, 6.45) is 14.5. The minimum Gasteiger partial charge on any atom is -0.271 e. The van der Waals surface area contributed by atoms with Gasteiger partial charge in [-0.15, -0.1) is 0 Å². The van der Waals surface area contributed by atoms with E-state index in [0.717, 1.165) is 12.1 Å². The van der Waals surface area contributed by atoms with Crippen molar-refractivity contribution in [1.29, 1.82) is 0 Å². The first kappa shape index (κ1) is 19.6. The zero-order valence-electron chi connectivity index (χ0n) is 17.2. The topological polar surface area (TPSA) is 21.8 Å². The van der Waals surface area contributed by atoms with Gasteiger partial charge in [0.25, 0.3) is 0 Å². The minimum absolute atomic E-state index is 0.379. The van der Waals surface area contributed by atoms with E-state index in [0.29, 0.717) is 18.4 Å². The Morgan fingerprint density at radius 3 is 1.44 bits per heavy atom. The maximum absolute atomic E-state index is 4.10. The van der Waals surface area contributed by atoms with Crippen LogP contribution in [-0.4, -0.2) is 58.4 Å². The van der Waals surface area contributed by atoms with Gasteiger partial charge in [-0.25, -0.2) is 10.4 Å². The molecule has 1 N–H and O–H groups in total. The Labute approximate surface area is 156 Å². The number of nitrogens with zero attached hydrogens (tertiary/aromatic N) is 3. The molecule has 4 nitrogen and oxygen atoms in total. The fourth-order valence-electron chi connectivity index (χ4n) is 5.26. The Balaban J connectivity index is 1.76.